The van der Waals surface area contributed by atoms with E-state index in [0.29, 0.717) is 122 Å². The quantitative estimate of drug-likeness (QED) is 0.0292. The molecule has 3 aliphatic heterocycles. The van der Waals surface area contributed by atoms with Crippen LogP contribution in [-0.2, 0) is 57.4 Å². The number of rotatable bonds is 56. The molecule has 10 atom stereocenters. The van der Waals surface area contributed by atoms with E-state index < -0.39 is 32.5 Å². The lowest BCUT2D eigenvalue weighted by Crippen LogP contribution is -2.47. The second-order valence-corrected chi connectivity index (χ2v) is 35.2. The van der Waals surface area contributed by atoms with Crippen LogP contribution in [-0.4, -0.2) is 222 Å². The molecule has 0 saturated carbocycles. The maximum atomic E-state index is 13.7. The second-order valence-electron chi connectivity index (χ2n) is 35.2. The lowest BCUT2D eigenvalue weighted by atomic mass is 9.68. The molecule has 0 aromatic carbocycles. The first-order valence-electron chi connectivity index (χ1n) is 43.1. The fourth-order valence-corrected chi connectivity index (χ4v) is 16.2. The van der Waals surface area contributed by atoms with Gasteiger partial charge in [-0.25, -0.2) is 0 Å². The van der Waals surface area contributed by atoms with Gasteiger partial charge in [-0.05, 0) is 225 Å². The van der Waals surface area contributed by atoms with Crippen LogP contribution < -0.4 is 16.0 Å². The molecular formula is C87H165N9O12. The van der Waals surface area contributed by atoms with Crippen molar-refractivity contribution in [1.29, 1.82) is 0 Å². The molecule has 3 fully saturated rings. The second kappa shape index (κ2) is 53.2. The van der Waals surface area contributed by atoms with Gasteiger partial charge in [-0.15, -0.1) is 0 Å². The van der Waals surface area contributed by atoms with Gasteiger partial charge in [0.15, 0.2) is 0 Å². The van der Waals surface area contributed by atoms with E-state index in [-0.39, 0.29) is 71.5 Å². The van der Waals surface area contributed by atoms with Gasteiger partial charge in [0.2, 0.25) is 35.4 Å². The summed E-state index contributed by atoms with van der Waals surface area (Å²) < 4.78 is 17.5. The first-order chi connectivity index (χ1) is 50.9. The average molecular weight is 1530 g/mol. The fraction of sp³-hybridized carbons (Fsp3) is 0.897. The third kappa shape index (κ3) is 37.2. The fourth-order valence-electron chi connectivity index (χ4n) is 16.2. The zero-order valence-electron chi connectivity index (χ0n) is 73.4. The molecular weight excluding hydrogens is 1360 g/mol. The molecule has 108 heavy (non-hydrogen) atoms. The van der Waals surface area contributed by atoms with Crippen molar-refractivity contribution < 1.29 is 57.4 Å². The van der Waals surface area contributed by atoms with Gasteiger partial charge in [-0.3, -0.25) is 43.2 Å². The molecule has 3 saturated heterocycles. The summed E-state index contributed by atoms with van der Waals surface area (Å²) in [6.45, 7) is 40.4. The van der Waals surface area contributed by atoms with Crippen LogP contribution >= 0.6 is 0 Å². The zero-order valence-corrected chi connectivity index (χ0v) is 73.4. The Kier molecular flexibility index (Phi) is 49.8. The zero-order chi connectivity index (χ0) is 81.7. The monoisotopic (exact) mass is 1530 g/mol. The summed E-state index contributed by atoms with van der Waals surface area (Å²) in [6, 6.07) is -0.226. The predicted molar refractivity (Wildman–Crippen MR) is 440 cm³/mol. The van der Waals surface area contributed by atoms with Crippen molar-refractivity contribution in [3.05, 3.63) is 0 Å². The van der Waals surface area contributed by atoms with E-state index in [1.54, 1.807) is 0 Å². The number of nitrogens with zero attached hydrogens (tertiary/aromatic N) is 6. The summed E-state index contributed by atoms with van der Waals surface area (Å²) in [4.78, 5) is 130. The van der Waals surface area contributed by atoms with Crippen molar-refractivity contribution in [2.24, 2.45) is 38.4 Å². The van der Waals surface area contributed by atoms with E-state index in [9.17, 15) is 43.2 Å². The first-order valence-corrected chi connectivity index (χ1v) is 43.1. The lowest BCUT2D eigenvalue weighted by molar-refractivity contribution is -0.162. The molecule has 0 spiro atoms. The van der Waals surface area contributed by atoms with Gasteiger partial charge < -0.3 is 59.6 Å². The highest BCUT2D eigenvalue weighted by Gasteiger charge is 2.50. The van der Waals surface area contributed by atoms with Gasteiger partial charge in [-0.1, -0.05) is 153 Å². The Balaban J connectivity index is 0.000000815. The van der Waals surface area contributed by atoms with Crippen molar-refractivity contribution in [3.8, 4) is 0 Å². The SMILES string of the molecule is CCCCC(CC)COC(=O)C(C)(CC(C)N1CCCC1=O)CC(C)(CC)C(=O)NCCCN(C)C.CCCCCCCCCCCCOC(=O)C(C)(CC(C)N1CCCC1=O)CC(C)(CC)C(=O)NCCCN(C)C.CCCCOC(=O)C(C)(CC(C)N1CCCC1=O)CC(C)(CC)C(=O)NCCCN(C)C. The molecule has 0 aliphatic carbocycles. The number of carbonyl (C=O) groups is 9. The van der Waals surface area contributed by atoms with Crippen LogP contribution in [0.5, 0.6) is 0 Å². The molecule has 3 aliphatic rings. The van der Waals surface area contributed by atoms with Crippen LogP contribution in [0.2, 0.25) is 0 Å². The molecule has 630 valence electrons. The van der Waals surface area contributed by atoms with Crippen LogP contribution in [0.15, 0.2) is 0 Å². The Morgan fingerprint density at radius 3 is 0.944 bits per heavy atom. The summed E-state index contributed by atoms with van der Waals surface area (Å²) in [5.41, 5.74) is -4.65. The number of likely N-dealkylation sites (tertiary alicyclic amines) is 3. The molecule has 21 nitrogen and oxygen atoms in total. The topological polar surface area (TPSA) is 237 Å². The normalized spacial score (nSPS) is 18.4. The summed E-state index contributed by atoms with van der Waals surface area (Å²) in [7, 11) is 12.1. The van der Waals surface area contributed by atoms with Crippen LogP contribution in [0.4, 0.5) is 0 Å². The minimum atomic E-state index is -0.864. The van der Waals surface area contributed by atoms with Gasteiger partial charge in [-0.2, -0.15) is 0 Å². The largest absolute Gasteiger partial charge is 0.465 e. The molecule has 0 aromatic heterocycles. The number of ether oxygens (including phenoxy) is 3. The van der Waals surface area contributed by atoms with E-state index in [4.69, 9.17) is 14.2 Å². The summed E-state index contributed by atoms with van der Waals surface area (Å²) in [6.07, 6.45) is 29.9. The Labute approximate surface area is 659 Å². The molecule has 0 bridgehead atoms. The predicted octanol–water partition coefficient (Wildman–Crippen LogP) is 15.4. The van der Waals surface area contributed by atoms with Gasteiger partial charge >= 0.3 is 17.9 Å². The minimum Gasteiger partial charge on any atom is -0.465 e. The third-order valence-electron chi connectivity index (χ3n) is 23.6. The number of esters is 3. The summed E-state index contributed by atoms with van der Waals surface area (Å²) in [5.74, 6) is 0.0452. The van der Waals surface area contributed by atoms with Crippen molar-refractivity contribution in [3.63, 3.8) is 0 Å². The van der Waals surface area contributed by atoms with Crippen molar-refractivity contribution in [1.82, 2.24) is 45.3 Å². The number of carbonyl (C=O) groups excluding carboxylic acids is 9. The van der Waals surface area contributed by atoms with Gasteiger partial charge in [0.1, 0.15) is 0 Å². The van der Waals surface area contributed by atoms with Gasteiger partial charge in [0.25, 0.3) is 0 Å². The number of amides is 6. The Morgan fingerprint density at radius 2 is 0.676 bits per heavy atom. The lowest BCUT2D eigenvalue weighted by Gasteiger charge is -2.39. The van der Waals surface area contributed by atoms with Crippen molar-refractivity contribution in [2.45, 2.75) is 347 Å². The van der Waals surface area contributed by atoms with Crippen molar-refractivity contribution >= 4 is 53.4 Å². The van der Waals surface area contributed by atoms with E-state index in [0.717, 1.165) is 129 Å². The average Bonchev–Trinajstić information content (AvgIpc) is 0.991. The number of hydrogen-bond acceptors (Lipinski definition) is 15. The van der Waals surface area contributed by atoms with E-state index in [1.807, 2.05) is 140 Å². The summed E-state index contributed by atoms with van der Waals surface area (Å²) >= 11 is 0. The molecule has 3 rings (SSSR count). The summed E-state index contributed by atoms with van der Waals surface area (Å²) in [5, 5.41) is 9.30. The standard InChI is InChI=1S/C33H63N3O4.C29H55N3O4.C25H47N3O4/c1-8-10-11-12-13-14-15-16-17-18-25-40-31(39)33(5,26-28(3)36-24-19-21-29(36)37)27-32(4,9-2)30(38)34-22-20-23-35(6)7;1-9-12-15-24(10-2)21-36-27(35)29(6,20-23(4)32-19-13-16-25(32)33)22-28(5,11-3)26(34)30-17-14-18-31(7)8;1-8-10-17-32-23(31)25(5,18-20(3)28-16-11-13-21(28)29)19-24(4,9-2)22(30)26-14-12-15-27(6)7/h28H,8-27H2,1-7H3,(H,34,38);23-24H,9-22H2,1-8H3,(H,30,34);20H,8-19H2,1-7H3,(H,26,30). The highest BCUT2D eigenvalue weighted by Crippen LogP contribution is 2.46. The maximum absolute atomic E-state index is 13.7. The number of nitrogens with one attached hydrogen (secondary N) is 3. The minimum absolute atomic E-state index is 0.00706. The van der Waals surface area contributed by atoms with Gasteiger partial charge in [0, 0.05) is 92.9 Å². The molecule has 6 amide bonds. The maximum Gasteiger partial charge on any atom is 0.311 e. The molecule has 0 radical (unpaired) electrons. The number of unbranched alkanes of at least 4 members (excludes halogenated alkanes) is 11. The van der Waals surface area contributed by atoms with Gasteiger partial charge in [0.05, 0.1) is 36.1 Å². The van der Waals surface area contributed by atoms with Crippen LogP contribution in [0.1, 0.15) is 329 Å². The van der Waals surface area contributed by atoms with E-state index in [2.05, 4.69) is 58.3 Å². The van der Waals surface area contributed by atoms with Crippen molar-refractivity contribution in [2.75, 3.05) is 121 Å². The molecule has 3 heterocycles. The van der Waals surface area contributed by atoms with Crippen LogP contribution in [0.3, 0.4) is 0 Å². The van der Waals surface area contributed by atoms with E-state index in [1.165, 1.54) is 51.4 Å². The Hall–Kier alpha value is -4.89. The van der Waals surface area contributed by atoms with E-state index >= 15 is 0 Å². The number of hydrogen-bond donors (Lipinski definition) is 3. The third-order valence-corrected chi connectivity index (χ3v) is 23.6. The Morgan fingerprint density at radius 1 is 0.389 bits per heavy atom. The first kappa shape index (κ1) is 101. The molecule has 10 unspecified atom stereocenters. The highest BCUT2D eigenvalue weighted by atomic mass is 16.5. The van der Waals surface area contributed by atoms with Crippen LogP contribution in [0, 0.1) is 38.4 Å². The molecule has 3 N–H and O–H groups in total. The Bertz CT molecular complexity index is 2610. The molecule has 0 aromatic rings. The van der Waals surface area contributed by atoms with Crippen LogP contribution in [0.25, 0.3) is 0 Å². The highest BCUT2D eigenvalue weighted by molar-refractivity contribution is 5.86. The smallest absolute Gasteiger partial charge is 0.311 e. The molecule has 21 heteroatoms.